The van der Waals surface area contributed by atoms with Gasteiger partial charge in [-0.2, -0.15) is 5.10 Å². The molecule has 1 spiro atoms. The van der Waals surface area contributed by atoms with Crippen molar-refractivity contribution in [3.8, 4) is 0 Å². The molecule has 5 fully saturated rings. The van der Waals surface area contributed by atoms with E-state index < -0.39 is 0 Å². The van der Waals surface area contributed by atoms with Gasteiger partial charge in [-0.25, -0.2) is 0 Å². The van der Waals surface area contributed by atoms with E-state index in [9.17, 15) is 5.11 Å². The molecule has 1 heterocycles. The van der Waals surface area contributed by atoms with E-state index in [0.717, 1.165) is 46.0 Å². The van der Waals surface area contributed by atoms with Crippen molar-refractivity contribution < 1.29 is 5.11 Å². The fourth-order valence-electron chi connectivity index (χ4n) is 7.50. The molecule has 2 N–H and O–H groups in total. The Morgan fingerprint density at radius 2 is 1.79 bits per heavy atom. The minimum absolute atomic E-state index is 0.229. The molecule has 5 aliphatic carbocycles. The highest BCUT2D eigenvalue weighted by Gasteiger charge is 2.67. The monoisotopic (exact) mass is 342 g/mol. The number of aromatic amines is 1. The first-order valence-electron chi connectivity index (χ1n) is 9.45. The topological polar surface area (TPSA) is 48.9 Å². The zero-order valence-corrected chi connectivity index (χ0v) is 14.5. The second-order valence-corrected chi connectivity index (χ2v) is 9.43. The van der Waals surface area contributed by atoms with Gasteiger partial charge < -0.3 is 5.11 Å². The first kappa shape index (κ1) is 14.1. The number of hydrogen-bond acceptors (Lipinski definition) is 2. The molecule has 2 aromatic rings. The number of H-pyrrole nitrogens is 1. The van der Waals surface area contributed by atoms with Crippen molar-refractivity contribution in [3.63, 3.8) is 0 Å². The molecule has 126 valence electrons. The van der Waals surface area contributed by atoms with Crippen LogP contribution in [0.25, 0.3) is 10.9 Å². The minimum Gasteiger partial charge on any atom is -0.392 e. The van der Waals surface area contributed by atoms with Gasteiger partial charge in [-0.15, -0.1) is 0 Å². The Bertz CT molecular complexity index is 800. The Labute approximate surface area is 146 Å². The lowest BCUT2D eigenvalue weighted by molar-refractivity contribution is -0.210. The van der Waals surface area contributed by atoms with E-state index in [1.54, 1.807) is 0 Å². The zero-order chi connectivity index (χ0) is 16.1. The van der Waals surface area contributed by atoms with Crippen molar-refractivity contribution >= 4 is 22.5 Å². The molecule has 2 atom stereocenters. The summed E-state index contributed by atoms with van der Waals surface area (Å²) in [5, 5.41) is 20.0. The molecule has 4 bridgehead atoms. The van der Waals surface area contributed by atoms with Crippen molar-refractivity contribution in [2.75, 3.05) is 0 Å². The van der Waals surface area contributed by atoms with Gasteiger partial charge in [-0.1, -0.05) is 11.6 Å². The summed E-state index contributed by atoms with van der Waals surface area (Å²) in [6, 6.07) is 4.06. The number of nitrogens with one attached hydrogen (secondary N) is 1. The highest BCUT2D eigenvalue weighted by atomic mass is 35.5. The number of nitrogens with zero attached hydrogens (tertiary/aromatic N) is 1. The van der Waals surface area contributed by atoms with Crippen molar-refractivity contribution in [3.05, 3.63) is 28.9 Å². The first-order valence-corrected chi connectivity index (χ1v) is 9.83. The van der Waals surface area contributed by atoms with E-state index in [4.69, 9.17) is 11.6 Å². The number of rotatable bonds is 1. The molecule has 1 aromatic heterocycles. The summed E-state index contributed by atoms with van der Waals surface area (Å²) in [6.45, 7) is 0. The maximum Gasteiger partial charge on any atom is 0.0687 e. The Morgan fingerprint density at radius 3 is 2.46 bits per heavy atom. The summed E-state index contributed by atoms with van der Waals surface area (Å²) in [5.41, 5.74) is 2.60. The van der Waals surface area contributed by atoms with Gasteiger partial charge in [0.2, 0.25) is 0 Å². The molecule has 3 nitrogen and oxygen atoms in total. The van der Waals surface area contributed by atoms with E-state index in [1.807, 2.05) is 12.3 Å². The molecule has 5 aliphatic rings. The van der Waals surface area contributed by atoms with Gasteiger partial charge in [0.25, 0.3) is 0 Å². The predicted octanol–water partition coefficient (Wildman–Crippen LogP) is 4.51. The summed E-state index contributed by atoms with van der Waals surface area (Å²) >= 11 is 6.41. The van der Waals surface area contributed by atoms with Gasteiger partial charge in [0.05, 0.1) is 17.8 Å². The van der Waals surface area contributed by atoms with Gasteiger partial charge in [0.1, 0.15) is 0 Å². The standard InChI is InChI=1S/C20H23ClN2O/c21-15-6-12-9-22-23-19(12)16(7-15)18-17(24)8-20(18)13-2-10-1-11(4-13)5-14(20)3-10/h6-7,9-11,13-14,17-18,24H,1-5,8H2,(H,22,23). The van der Waals surface area contributed by atoms with Crippen molar-refractivity contribution in [2.45, 2.75) is 50.5 Å². The zero-order valence-electron chi connectivity index (χ0n) is 13.7. The Kier molecular flexibility index (Phi) is 2.69. The maximum absolute atomic E-state index is 10.8. The van der Waals surface area contributed by atoms with Crippen molar-refractivity contribution in [1.82, 2.24) is 10.2 Å². The third-order valence-corrected chi connectivity index (χ3v) is 8.28. The van der Waals surface area contributed by atoms with Crippen LogP contribution in [0.3, 0.4) is 0 Å². The van der Waals surface area contributed by atoms with Crippen molar-refractivity contribution in [1.29, 1.82) is 0 Å². The Morgan fingerprint density at radius 1 is 1.08 bits per heavy atom. The lowest BCUT2D eigenvalue weighted by Gasteiger charge is -2.70. The average molecular weight is 343 g/mol. The van der Waals surface area contributed by atoms with Gasteiger partial charge in [0.15, 0.2) is 0 Å². The van der Waals surface area contributed by atoms with E-state index in [0.29, 0.717) is 5.41 Å². The van der Waals surface area contributed by atoms with Gasteiger partial charge in [-0.3, -0.25) is 5.10 Å². The van der Waals surface area contributed by atoms with E-state index in [-0.39, 0.29) is 12.0 Å². The highest BCUT2D eigenvalue weighted by Crippen LogP contribution is 2.73. The fraction of sp³-hybridized carbons (Fsp3) is 0.650. The first-order chi connectivity index (χ1) is 11.6. The molecule has 1 aromatic carbocycles. The number of fused-ring (bicyclic) bond motifs is 1. The number of hydrogen-bond donors (Lipinski definition) is 2. The number of aliphatic hydroxyl groups excluding tert-OH is 1. The third-order valence-electron chi connectivity index (χ3n) is 8.06. The highest BCUT2D eigenvalue weighted by molar-refractivity contribution is 6.31. The average Bonchev–Trinajstić information content (AvgIpc) is 2.98. The largest absolute Gasteiger partial charge is 0.392 e. The van der Waals surface area contributed by atoms with Crippen LogP contribution in [0.15, 0.2) is 18.3 Å². The Balaban J connectivity index is 1.51. The molecule has 4 heteroatoms. The molecule has 24 heavy (non-hydrogen) atoms. The number of aromatic nitrogens is 2. The minimum atomic E-state index is -0.229. The molecule has 0 amide bonds. The molecule has 7 rings (SSSR count). The molecular formula is C20H23ClN2O. The normalized spacial score (nSPS) is 45.9. The quantitative estimate of drug-likeness (QED) is 0.801. The van der Waals surface area contributed by atoms with Crippen LogP contribution in [-0.2, 0) is 0 Å². The van der Waals surface area contributed by atoms with E-state index in [1.165, 1.54) is 37.7 Å². The lowest BCUT2D eigenvalue weighted by Crippen LogP contribution is -2.64. The molecule has 5 saturated carbocycles. The lowest BCUT2D eigenvalue weighted by atomic mass is 9.35. The summed E-state index contributed by atoms with van der Waals surface area (Å²) < 4.78 is 0. The molecule has 0 aliphatic heterocycles. The summed E-state index contributed by atoms with van der Waals surface area (Å²) in [4.78, 5) is 0. The van der Waals surface area contributed by atoms with Crippen LogP contribution in [0.4, 0.5) is 0 Å². The van der Waals surface area contributed by atoms with Crippen LogP contribution < -0.4 is 0 Å². The summed E-state index contributed by atoms with van der Waals surface area (Å²) in [7, 11) is 0. The maximum atomic E-state index is 10.8. The fourth-order valence-corrected chi connectivity index (χ4v) is 7.73. The third kappa shape index (κ3) is 1.61. The molecule has 2 unspecified atom stereocenters. The van der Waals surface area contributed by atoms with Crippen LogP contribution in [0.1, 0.15) is 50.0 Å². The van der Waals surface area contributed by atoms with Crippen LogP contribution in [0.2, 0.25) is 5.02 Å². The van der Waals surface area contributed by atoms with E-state index in [2.05, 4.69) is 16.3 Å². The van der Waals surface area contributed by atoms with Gasteiger partial charge in [-0.05, 0) is 85.3 Å². The second kappa shape index (κ2) is 4.56. The van der Waals surface area contributed by atoms with Crippen LogP contribution >= 0.6 is 11.6 Å². The smallest absolute Gasteiger partial charge is 0.0687 e. The van der Waals surface area contributed by atoms with Gasteiger partial charge in [0, 0.05) is 16.3 Å². The van der Waals surface area contributed by atoms with Crippen LogP contribution in [0, 0.1) is 29.1 Å². The Hall–Kier alpha value is -1.06. The van der Waals surface area contributed by atoms with Crippen LogP contribution in [0.5, 0.6) is 0 Å². The SMILES string of the molecule is OC1CC2(C3CC4CC(C3)CC2C4)C1c1cc(Cl)cc2cn[nH]c12. The second-order valence-electron chi connectivity index (χ2n) is 9.00. The molecule has 0 saturated heterocycles. The van der Waals surface area contributed by atoms with Crippen LogP contribution in [-0.4, -0.2) is 21.4 Å². The summed E-state index contributed by atoms with van der Waals surface area (Å²) in [6.07, 6.45) is 9.65. The van der Waals surface area contributed by atoms with E-state index >= 15 is 0 Å². The summed E-state index contributed by atoms with van der Waals surface area (Å²) in [5.74, 6) is 3.76. The number of benzene rings is 1. The van der Waals surface area contributed by atoms with Gasteiger partial charge >= 0.3 is 0 Å². The number of aliphatic hydroxyl groups is 1. The number of halogens is 1. The predicted molar refractivity (Wildman–Crippen MR) is 93.9 cm³/mol. The van der Waals surface area contributed by atoms with Crippen molar-refractivity contribution in [2.24, 2.45) is 29.1 Å². The molecule has 0 radical (unpaired) electrons. The molecular weight excluding hydrogens is 320 g/mol.